The maximum absolute atomic E-state index is 10.7. The molecule has 1 aliphatic heterocycles. The third kappa shape index (κ3) is 0.672. The van der Waals surface area contributed by atoms with Gasteiger partial charge in [0.1, 0.15) is 13.2 Å². The Morgan fingerprint density at radius 1 is 1.60 bits per heavy atom. The van der Waals surface area contributed by atoms with E-state index in [0.29, 0.717) is 25.5 Å². The molecule has 5 heteroatoms. The van der Waals surface area contributed by atoms with Crippen LogP contribution in [0.15, 0.2) is 4.52 Å². The van der Waals surface area contributed by atoms with Crippen molar-refractivity contribution in [2.45, 2.75) is 13.2 Å². The van der Waals surface area contributed by atoms with Crippen LogP contribution in [0.4, 0.5) is 0 Å². The van der Waals surface area contributed by atoms with Crippen LogP contribution in [0.3, 0.4) is 0 Å². The number of rotatable bonds is 0. The van der Waals surface area contributed by atoms with Gasteiger partial charge in [-0.05, 0) is 0 Å². The highest BCUT2D eigenvalue weighted by molar-refractivity contribution is 5.01. The molecule has 0 unspecified atom stereocenters. The van der Waals surface area contributed by atoms with Crippen molar-refractivity contribution < 1.29 is 19.0 Å². The van der Waals surface area contributed by atoms with Crippen LogP contribution < -0.4 is 9.79 Å². The Morgan fingerprint density at radius 2 is 2.50 bits per heavy atom. The van der Waals surface area contributed by atoms with E-state index in [2.05, 4.69) is 9.79 Å². The molecule has 0 bridgehead atoms. The molecule has 0 radical (unpaired) electrons. The normalized spacial score (nSPS) is 16.8. The first-order chi connectivity index (χ1) is 4.88. The zero-order valence-corrected chi connectivity index (χ0v) is 5.24. The van der Waals surface area contributed by atoms with Crippen molar-refractivity contribution in [1.82, 2.24) is 5.27 Å². The van der Waals surface area contributed by atoms with Crippen LogP contribution in [0.2, 0.25) is 0 Å². The summed E-state index contributed by atoms with van der Waals surface area (Å²) >= 11 is 0. The number of nitrogens with zero attached hydrogens (tertiary/aromatic N) is 2. The van der Waals surface area contributed by atoms with E-state index in [1.165, 1.54) is 4.68 Å². The molecular weight excluding hydrogens is 136 g/mol. The van der Waals surface area contributed by atoms with Crippen LogP contribution in [0.25, 0.3) is 0 Å². The van der Waals surface area contributed by atoms with Gasteiger partial charge in [0.05, 0.1) is 5.27 Å². The lowest BCUT2D eigenvalue weighted by molar-refractivity contribution is -0.778. The Bertz CT molecular complexity index is 245. The van der Waals surface area contributed by atoms with Gasteiger partial charge in [-0.15, -0.1) is 0 Å². The van der Waals surface area contributed by atoms with E-state index in [4.69, 9.17) is 4.74 Å². The zero-order chi connectivity index (χ0) is 6.97. The summed E-state index contributed by atoms with van der Waals surface area (Å²) in [6.07, 6.45) is 0. The first kappa shape index (κ1) is 5.67. The largest absolute Gasteiger partial charge is 0.539 e. The van der Waals surface area contributed by atoms with E-state index in [1.54, 1.807) is 0 Å². The average molecular weight is 142 g/mol. The molecule has 0 atom stereocenters. The molecule has 1 aliphatic rings. The number of aromatic nitrogens is 2. The minimum Gasteiger partial charge on any atom is -0.539 e. The van der Waals surface area contributed by atoms with Gasteiger partial charge in [-0.1, -0.05) is 4.68 Å². The van der Waals surface area contributed by atoms with Crippen LogP contribution in [-0.4, -0.2) is 11.9 Å². The Labute approximate surface area is 56.8 Å². The topological polar surface area (TPSA) is 62.2 Å². The summed E-state index contributed by atoms with van der Waals surface area (Å²) in [5, 5.41) is 14.2. The van der Waals surface area contributed by atoms with Crippen molar-refractivity contribution in [3.63, 3.8) is 0 Å². The molecule has 54 valence electrons. The Morgan fingerprint density at radius 3 is 3.30 bits per heavy atom. The smallest absolute Gasteiger partial charge is 0.258 e. The predicted molar refractivity (Wildman–Crippen MR) is 25.8 cm³/mol. The highest BCUT2D eigenvalue weighted by Crippen LogP contribution is 2.09. The van der Waals surface area contributed by atoms with Gasteiger partial charge in [-0.3, -0.25) is 0 Å². The number of ether oxygens (including phenoxy) is 1. The molecule has 2 heterocycles. The van der Waals surface area contributed by atoms with Gasteiger partial charge in [0.25, 0.3) is 5.69 Å². The number of hydrogen-bond acceptors (Lipinski definition) is 4. The summed E-state index contributed by atoms with van der Waals surface area (Å²) in [4.78, 5) is 0. The van der Waals surface area contributed by atoms with E-state index >= 15 is 0 Å². The highest BCUT2D eigenvalue weighted by Gasteiger charge is 2.21. The van der Waals surface area contributed by atoms with Gasteiger partial charge in [-0.25, -0.2) is 0 Å². The van der Waals surface area contributed by atoms with Crippen LogP contribution in [0.5, 0.6) is 5.95 Å². The van der Waals surface area contributed by atoms with Gasteiger partial charge < -0.3 is 14.4 Å². The molecule has 0 fully saturated rings. The molecule has 1 aromatic rings. The van der Waals surface area contributed by atoms with E-state index < -0.39 is 0 Å². The SMILES string of the molecule is [O-]c1on[n+]2c1COCC2. The summed E-state index contributed by atoms with van der Waals surface area (Å²) in [5.41, 5.74) is 0.506. The van der Waals surface area contributed by atoms with Crippen molar-refractivity contribution in [2.75, 3.05) is 6.61 Å². The number of fused-ring (bicyclic) bond motifs is 1. The maximum Gasteiger partial charge on any atom is 0.258 e. The molecule has 0 saturated carbocycles. The second-order valence-corrected chi connectivity index (χ2v) is 2.08. The van der Waals surface area contributed by atoms with Crippen molar-refractivity contribution in [3.8, 4) is 5.95 Å². The van der Waals surface area contributed by atoms with Crippen LogP contribution in [0, 0.1) is 0 Å². The van der Waals surface area contributed by atoms with E-state index in [0.717, 1.165) is 0 Å². The molecule has 0 aromatic carbocycles. The van der Waals surface area contributed by atoms with Crippen LogP contribution in [0.1, 0.15) is 5.69 Å². The van der Waals surface area contributed by atoms with Crippen molar-refractivity contribution in [2.24, 2.45) is 0 Å². The monoisotopic (exact) mass is 142 g/mol. The lowest BCUT2D eigenvalue weighted by Crippen LogP contribution is -2.45. The molecule has 0 amide bonds. The van der Waals surface area contributed by atoms with Gasteiger partial charge >= 0.3 is 0 Å². The summed E-state index contributed by atoms with van der Waals surface area (Å²) < 4.78 is 10.9. The maximum atomic E-state index is 10.7. The highest BCUT2D eigenvalue weighted by atomic mass is 16.6. The van der Waals surface area contributed by atoms with Crippen molar-refractivity contribution in [3.05, 3.63) is 5.69 Å². The second kappa shape index (κ2) is 1.95. The van der Waals surface area contributed by atoms with E-state index in [1.807, 2.05) is 0 Å². The van der Waals surface area contributed by atoms with Crippen LogP contribution >= 0.6 is 0 Å². The fraction of sp³-hybridized carbons (Fsp3) is 0.600. The Hall–Kier alpha value is -1.10. The summed E-state index contributed by atoms with van der Waals surface area (Å²) in [6, 6.07) is 0. The second-order valence-electron chi connectivity index (χ2n) is 2.08. The quantitative estimate of drug-likeness (QED) is 0.416. The summed E-state index contributed by atoms with van der Waals surface area (Å²) in [7, 11) is 0. The number of hydrogen-bond donors (Lipinski definition) is 0. The summed E-state index contributed by atoms with van der Waals surface area (Å²) in [5.74, 6) is -0.389. The first-order valence-corrected chi connectivity index (χ1v) is 3.01. The average Bonchev–Trinajstić information content (AvgIpc) is 2.34. The third-order valence-corrected chi connectivity index (χ3v) is 1.46. The van der Waals surface area contributed by atoms with Gasteiger partial charge in [0.2, 0.25) is 0 Å². The molecule has 0 saturated heterocycles. The molecule has 0 aliphatic carbocycles. The molecular formula is C5H6N2O3. The minimum atomic E-state index is -0.389. The minimum absolute atomic E-state index is 0.322. The molecule has 2 rings (SSSR count). The fourth-order valence-electron chi connectivity index (χ4n) is 0.923. The lowest BCUT2D eigenvalue weighted by Gasteiger charge is -2.04. The van der Waals surface area contributed by atoms with E-state index in [-0.39, 0.29) is 5.95 Å². The lowest BCUT2D eigenvalue weighted by atomic mass is 10.4. The predicted octanol–water partition coefficient (Wildman–Crippen LogP) is -1.43. The fourth-order valence-corrected chi connectivity index (χ4v) is 0.923. The molecule has 0 N–H and O–H groups in total. The van der Waals surface area contributed by atoms with Gasteiger partial charge in [0, 0.05) is 0 Å². The molecule has 5 nitrogen and oxygen atoms in total. The van der Waals surface area contributed by atoms with Crippen molar-refractivity contribution >= 4 is 0 Å². The summed E-state index contributed by atoms with van der Waals surface area (Å²) in [6.45, 7) is 1.53. The van der Waals surface area contributed by atoms with Crippen molar-refractivity contribution in [1.29, 1.82) is 0 Å². The zero-order valence-electron chi connectivity index (χ0n) is 5.24. The molecule has 10 heavy (non-hydrogen) atoms. The molecule has 1 aromatic heterocycles. The third-order valence-electron chi connectivity index (χ3n) is 1.46. The Kier molecular flexibility index (Phi) is 1.10. The first-order valence-electron chi connectivity index (χ1n) is 3.01. The van der Waals surface area contributed by atoms with Gasteiger partial charge in [-0.2, -0.15) is 0 Å². The van der Waals surface area contributed by atoms with Gasteiger partial charge in [0.15, 0.2) is 12.5 Å². The van der Waals surface area contributed by atoms with E-state index in [9.17, 15) is 5.11 Å². The Balaban J connectivity index is 2.45. The van der Waals surface area contributed by atoms with Crippen LogP contribution in [-0.2, 0) is 17.9 Å². The molecule has 0 spiro atoms. The standard InChI is InChI=1S/C5H6N2O3/c8-5-4-3-9-2-1-7(4)6-10-5/h1-3H2.